The van der Waals surface area contributed by atoms with Crippen LogP contribution >= 0.6 is 11.3 Å². The van der Waals surface area contributed by atoms with Crippen LogP contribution in [0.15, 0.2) is 42.6 Å². The van der Waals surface area contributed by atoms with Gasteiger partial charge in [-0.25, -0.2) is 9.50 Å². The Morgan fingerprint density at radius 2 is 1.82 bits per heavy atom. The van der Waals surface area contributed by atoms with Crippen molar-refractivity contribution in [3.05, 3.63) is 69.2 Å². The standard InChI is InChI=1S/C27H25F3N6O2S/c1-16-23(18-4-6-19(38-3)7-5-18)33-25-21(15-32-36(25)24(16)27(28,29)30)26(37)35-12-10-34(11-13-35)17(2)22-9-8-20(14-31)39-22/h4-9,15,17H,10-13H2,1-3H3/t17-/m0/s1. The van der Waals surface area contributed by atoms with E-state index in [1.807, 2.05) is 6.07 Å². The second-order valence-electron chi connectivity index (χ2n) is 9.27. The van der Waals surface area contributed by atoms with Crippen molar-refractivity contribution >= 4 is 22.9 Å². The molecule has 1 atom stereocenters. The van der Waals surface area contributed by atoms with Crippen LogP contribution in [0.5, 0.6) is 5.75 Å². The second kappa shape index (κ2) is 10.3. The Morgan fingerprint density at radius 3 is 2.41 bits per heavy atom. The molecule has 0 spiro atoms. The Labute approximate surface area is 226 Å². The number of rotatable bonds is 5. The summed E-state index contributed by atoms with van der Waals surface area (Å²) in [6, 6.07) is 12.5. The van der Waals surface area contributed by atoms with Gasteiger partial charge in [-0.15, -0.1) is 11.3 Å². The molecular formula is C27H25F3N6O2S. The lowest BCUT2D eigenvalue weighted by Gasteiger charge is -2.37. The summed E-state index contributed by atoms with van der Waals surface area (Å²) in [5, 5.41) is 13.1. The van der Waals surface area contributed by atoms with E-state index in [2.05, 4.69) is 28.0 Å². The summed E-state index contributed by atoms with van der Waals surface area (Å²) in [4.78, 5) is 23.6. The highest BCUT2D eigenvalue weighted by Gasteiger charge is 2.39. The molecule has 4 heterocycles. The quantitative estimate of drug-likeness (QED) is 0.338. The van der Waals surface area contributed by atoms with Gasteiger partial charge in [0, 0.05) is 48.2 Å². The van der Waals surface area contributed by atoms with E-state index in [1.54, 1.807) is 35.2 Å². The maximum Gasteiger partial charge on any atom is 0.433 e. The molecule has 0 radical (unpaired) electrons. The van der Waals surface area contributed by atoms with Crippen LogP contribution in [0.4, 0.5) is 13.2 Å². The highest BCUT2D eigenvalue weighted by atomic mass is 32.1. The highest BCUT2D eigenvalue weighted by molar-refractivity contribution is 7.12. The van der Waals surface area contributed by atoms with Gasteiger partial charge >= 0.3 is 6.18 Å². The molecule has 3 aromatic heterocycles. The number of benzene rings is 1. The van der Waals surface area contributed by atoms with Gasteiger partial charge in [-0.2, -0.15) is 23.5 Å². The normalized spacial score (nSPS) is 15.4. The van der Waals surface area contributed by atoms with Crippen molar-refractivity contribution < 1.29 is 22.7 Å². The number of ether oxygens (including phenoxy) is 1. The van der Waals surface area contributed by atoms with Crippen LogP contribution in [0, 0.1) is 18.3 Å². The third-order valence-electron chi connectivity index (χ3n) is 7.04. The molecule has 8 nitrogen and oxygen atoms in total. The fourth-order valence-corrected chi connectivity index (χ4v) is 5.78. The van der Waals surface area contributed by atoms with E-state index in [4.69, 9.17) is 10.00 Å². The van der Waals surface area contributed by atoms with E-state index in [1.165, 1.54) is 31.6 Å². The van der Waals surface area contributed by atoms with Gasteiger partial charge < -0.3 is 9.64 Å². The number of carbonyl (C=O) groups excluding carboxylic acids is 1. The minimum absolute atomic E-state index is 0.0219. The Kier molecular flexibility index (Phi) is 7.05. The second-order valence-corrected chi connectivity index (χ2v) is 10.4. The van der Waals surface area contributed by atoms with Crippen molar-refractivity contribution in [3.63, 3.8) is 0 Å². The third kappa shape index (κ3) is 4.95. The molecule has 0 N–H and O–H groups in total. The van der Waals surface area contributed by atoms with Gasteiger partial charge in [0.25, 0.3) is 5.91 Å². The molecule has 1 amide bonds. The molecule has 1 saturated heterocycles. The van der Waals surface area contributed by atoms with Crippen molar-refractivity contribution in [1.82, 2.24) is 24.4 Å². The van der Waals surface area contributed by atoms with Crippen molar-refractivity contribution in [2.75, 3.05) is 33.3 Å². The number of amides is 1. The van der Waals surface area contributed by atoms with Crippen molar-refractivity contribution in [2.24, 2.45) is 0 Å². The number of hydrogen-bond acceptors (Lipinski definition) is 7. The van der Waals surface area contributed by atoms with Crippen molar-refractivity contribution in [1.29, 1.82) is 5.26 Å². The Hall–Kier alpha value is -3.95. The van der Waals surface area contributed by atoms with E-state index < -0.39 is 17.8 Å². The molecule has 202 valence electrons. The number of nitriles is 1. The zero-order valence-electron chi connectivity index (χ0n) is 21.5. The zero-order chi connectivity index (χ0) is 27.9. The number of hydrogen-bond donors (Lipinski definition) is 0. The summed E-state index contributed by atoms with van der Waals surface area (Å²) in [5.41, 5.74) is -0.576. The monoisotopic (exact) mass is 554 g/mol. The predicted molar refractivity (Wildman–Crippen MR) is 140 cm³/mol. The number of nitrogens with zero attached hydrogens (tertiary/aromatic N) is 6. The molecule has 1 aliphatic rings. The average Bonchev–Trinajstić information content (AvgIpc) is 3.58. The summed E-state index contributed by atoms with van der Waals surface area (Å²) in [5.74, 6) is 0.150. The van der Waals surface area contributed by atoms with Gasteiger partial charge in [0.1, 0.15) is 22.3 Å². The van der Waals surface area contributed by atoms with Crippen LogP contribution < -0.4 is 4.74 Å². The molecule has 0 saturated carbocycles. The predicted octanol–water partition coefficient (Wildman–Crippen LogP) is 5.18. The topological polar surface area (TPSA) is 86.8 Å². The molecule has 39 heavy (non-hydrogen) atoms. The number of alkyl halides is 3. The largest absolute Gasteiger partial charge is 0.497 e. The summed E-state index contributed by atoms with van der Waals surface area (Å²) in [7, 11) is 1.50. The van der Waals surface area contributed by atoms with E-state index in [-0.39, 0.29) is 28.5 Å². The Morgan fingerprint density at radius 1 is 1.13 bits per heavy atom. The summed E-state index contributed by atoms with van der Waals surface area (Å²) in [6.07, 6.45) is -3.55. The van der Waals surface area contributed by atoms with Crippen LogP contribution in [0.2, 0.25) is 0 Å². The number of aromatic nitrogens is 3. The third-order valence-corrected chi connectivity index (χ3v) is 8.20. The maximum absolute atomic E-state index is 14.2. The van der Waals surface area contributed by atoms with Gasteiger partial charge in [-0.3, -0.25) is 9.69 Å². The molecule has 1 aromatic carbocycles. The summed E-state index contributed by atoms with van der Waals surface area (Å²) in [6.45, 7) is 5.39. The first kappa shape index (κ1) is 26.6. The first-order valence-corrected chi connectivity index (χ1v) is 13.1. The van der Waals surface area contributed by atoms with Crippen LogP contribution in [-0.2, 0) is 6.18 Å². The lowest BCUT2D eigenvalue weighted by Crippen LogP contribution is -2.49. The van der Waals surface area contributed by atoms with Crippen LogP contribution in [0.25, 0.3) is 16.9 Å². The van der Waals surface area contributed by atoms with E-state index in [0.717, 1.165) is 9.39 Å². The van der Waals surface area contributed by atoms with Gasteiger partial charge in [0.15, 0.2) is 11.3 Å². The lowest BCUT2D eigenvalue weighted by atomic mass is 10.0. The Bertz CT molecular complexity index is 1560. The van der Waals surface area contributed by atoms with Gasteiger partial charge in [-0.1, -0.05) is 0 Å². The van der Waals surface area contributed by atoms with Gasteiger partial charge in [0.2, 0.25) is 0 Å². The van der Waals surface area contributed by atoms with E-state index in [0.29, 0.717) is 42.4 Å². The average molecular weight is 555 g/mol. The first-order chi connectivity index (χ1) is 18.6. The summed E-state index contributed by atoms with van der Waals surface area (Å²) >= 11 is 1.45. The van der Waals surface area contributed by atoms with Gasteiger partial charge in [0.05, 0.1) is 19.0 Å². The van der Waals surface area contributed by atoms with Crippen LogP contribution in [-0.4, -0.2) is 63.6 Å². The number of thiophene rings is 1. The number of halogens is 3. The zero-order valence-corrected chi connectivity index (χ0v) is 22.3. The number of fused-ring (bicyclic) bond motifs is 1. The lowest BCUT2D eigenvalue weighted by molar-refractivity contribution is -0.143. The van der Waals surface area contributed by atoms with Gasteiger partial charge in [-0.05, 0) is 50.2 Å². The molecule has 0 unspecified atom stereocenters. The molecule has 1 aliphatic heterocycles. The van der Waals surface area contributed by atoms with Crippen LogP contribution in [0.3, 0.4) is 0 Å². The highest BCUT2D eigenvalue weighted by Crippen LogP contribution is 2.37. The minimum Gasteiger partial charge on any atom is -0.497 e. The number of methoxy groups -OCH3 is 1. The fraction of sp³-hybridized carbons (Fsp3) is 0.333. The summed E-state index contributed by atoms with van der Waals surface area (Å²) < 4.78 is 48.5. The molecule has 5 rings (SSSR count). The molecule has 1 fully saturated rings. The SMILES string of the molecule is COc1ccc(-c2nc3c(C(=O)N4CCN([C@@H](C)c5ccc(C#N)s5)CC4)cnn3c(C(F)(F)F)c2C)cc1. The van der Waals surface area contributed by atoms with Crippen molar-refractivity contribution in [2.45, 2.75) is 26.1 Å². The molecular weight excluding hydrogens is 529 g/mol. The molecule has 0 bridgehead atoms. The van der Waals surface area contributed by atoms with E-state index >= 15 is 0 Å². The minimum atomic E-state index is -4.71. The Balaban J connectivity index is 1.45. The first-order valence-electron chi connectivity index (χ1n) is 12.3. The molecule has 0 aliphatic carbocycles. The van der Waals surface area contributed by atoms with Crippen molar-refractivity contribution in [3.8, 4) is 23.1 Å². The smallest absolute Gasteiger partial charge is 0.433 e. The fourth-order valence-electron chi connectivity index (χ4n) is 4.89. The number of piperazine rings is 1. The maximum atomic E-state index is 14.2. The van der Waals surface area contributed by atoms with Crippen LogP contribution in [0.1, 0.15) is 44.3 Å². The molecule has 4 aromatic rings. The number of carbonyl (C=O) groups is 1. The van der Waals surface area contributed by atoms with E-state index in [9.17, 15) is 18.0 Å². The molecule has 12 heteroatoms.